The van der Waals surface area contributed by atoms with E-state index in [9.17, 15) is 0 Å². The highest BCUT2D eigenvalue weighted by Crippen LogP contribution is 2.38. The Bertz CT molecular complexity index is 187. The third kappa shape index (κ3) is 1.60. The van der Waals surface area contributed by atoms with Crippen LogP contribution in [0.4, 0.5) is 0 Å². The van der Waals surface area contributed by atoms with Crippen molar-refractivity contribution in [2.24, 2.45) is 11.1 Å². The molecule has 0 amide bonds. The molecule has 0 saturated carbocycles. The molecule has 0 radical (unpaired) electrons. The van der Waals surface area contributed by atoms with Crippen molar-refractivity contribution in [1.29, 1.82) is 0 Å². The summed E-state index contributed by atoms with van der Waals surface area (Å²) in [6, 6.07) is 0.574. The summed E-state index contributed by atoms with van der Waals surface area (Å²) in [6.45, 7) is 8.15. The minimum absolute atomic E-state index is 0.574. The number of nitrogens with zero attached hydrogens (tertiary/aromatic N) is 2. The Balaban J connectivity index is 1.87. The first kappa shape index (κ1) is 9.44. The fourth-order valence-electron chi connectivity index (χ4n) is 2.85. The maximum atomic E-state index is 5.68. The molecule has 2 heterocycles. The van der Waals surface area contributed by atoms with Gasteiger partial charge >= 0.3 is 0 Å². The van der Waals surface area contributed by atoms with E-state index in [0.29, 0.717) is 11.5 Å². The van der Waals surface area contributed by atoms with Crippen molar-refractivity contribution >= 4 is 0 Å². The van der Waals surface area contributed by atoms with E-state index in [4.69, 9.17) is 5.73 Å². The zero-order valence-corrected chi connectivity index (χ0v) is 8.79. The molecular weight excluding hydrogens is 162 g/mol. The van der Waals surface area contributed by atoms with Gasteiger partial charge in [-0.1, -0.05) is 0 Å². The van der Waals surface area contributed by atoms with Crippen LogP contribution in [0, 0.1) is 5.41 Å². The lowest BCUT2D eigenvalue weighted by atomic mass is 9.79. The van der Waals surface area contributed by atoms with Gasteiger partial charge in [0.1, 0.15) is 0 Å². The predicted molar refractivity (Wildman–Crippen MR) is 54.6 cm³/mol. The third-order valence-electron chi connectivity index (χ3n) is 3.64. The highest BCUT2D eigenvalue weighted by molar-refractivity contribution is 5.01. The topological polar surface area (TPSA) is 32.5 Å². The van der Waals surface area contributed by atoms with Crippen LogP contribution >= 0.6 is 0 Å². The number of hydrogen-bond acceptors (Lipinski definition) is 3. The molecule has 2 aliphatic heterocycles. The van der Waals surface area contributed by atoms with Crippen molar-refractivity contribution in [3.8, 4) is 0 Å². The Morgan fingerprint density at radius 3 is 2.62 bits per heavy atom. The lowest BCUT2D eigenvalue weighted by Gasteiger charge is -2.46. The number of hydrogen-bond donors (Lipinski definition) is 1. The summed E-state index contributed by atoms with van der Waals surface area (Å²) in [6.07, 6.45) is 1.38. The molecule has 2 fully saturated rings. The van der Waals surface area contributed by atoms with Crippen molar-refractivity contribution in [1.82, 2.24) is 9.80 Å². The Morgan fingerprint density at radius 2 is 2.08 bits per heavy atom. The molecular formula is C10H21N3. The average molecular weight is 183 g/mol. The molecule has 0 aromatic rings. The lowest BCUT2D eigenvalue weighted by Crippen LogP contribution is -2.56. The average Bonchev–Trinajstić information content (AvgIpc) is 2.47. The molecule has 3 nitrogen and oxygen atoms in total. The van der Waals surface area contributed by atoms with E-state index >= 15 is 0 Å². The maximum Gasteiger partial charge on any atom is 0.0190 e. The van der Waals surface area contributed by atoms with Gasteiger partial charge in [-0.3, -0.25) is 4.90 Å². The zero-order chi connectivity index (χ0) is 9.47. The van der Waals surface area contributed by atoms with Crippen LogP contribution in [0.5, 0.6) is 0 Å². The molecule has 2 aliphatic rings. The van der Waals surface area contributed by atoms with E-state index < -0.39 is 0 Å². The normalized spacial score (nSPS) is 30.7. The molecule has 13 heavy (non-hydrogen) atoms. The summed E-state index contributed by atoms with van der Waals surface area (Å²) in [5.41, 5.74) is 6.31. The first-order valence-corrected chi connectivity index (χ1v) is 5.28. The second-order valence-corrected chi connectivity index (χ2v) is 4.98. The van der Waals surface area contributed by atoms with Gasteiger partial charge in [-0.25, -0.2) is 0 Å². The standard InChI is InChI=1S/C10H21N3/c1-9(5-11)13-4-3-10(8-13)6-12(2)7-10/h9H,3-8,11H2,1-2H3. The molecule has 1 atom stereocenters. The van der Waals surface area contributed by atoms with Gasteiger partial charge in [-0.05, 0) is 26.9 Å². The quantitative estimate of drug-likeness (QED) is 0.652. The van der Waals surface area contributed by atoms with Gasteiger partial charge in [0, 0.05) is 37.6 Å². The van der Waals surface area contributed by atoms with Crippen molar-refractivity contribution in [3.63, 3.8) is 0 Å². The first-order chi connectivity index (χ1) is 6.15. The molecule has 0 aliphatic carbocycles. The van der Waals surface area contributed by atoms with Crippen LogP contribution in [0.15, 0.2) is 0 Å². The lowest BCUT2D eigenvalue weighted by molar-refractivity contribution is 0.0276. The van der Waals surface area contributed by atoms with Crippen molar-refractivity contribution in [2.75, 3.05) is 39.8 Å². The van der Waals surface area contributed by atoms with E-state index in [-0.39, 0.29) is 0 Å². The van der Waals surface area contributed by atoms with E-state index in [0.717, 1.165) is 6.54 Å². The van der Waals surface area contributed by atoms with Gasteiger partial charge in [0.05, 0.1) is 0 Å². The third-order valence-corrected chi connectivity index (χ3v) is 3.64. The zero-order valence-electron chi connectivity index (χ0n) is 8.79. The highest BCUT2D eigenvalue weighted by Gasteiger charge is 2.46. The fourth-order valence-corrected chi connectivity index (χ4v) is 2.85. The van der Waals surface area contributed by atoms with Gasteiger partial charge in [-0.15, -0.1) is 0 Å². The van der Waals surface area contributed by atoms with Gasteiger partial charge in [0.25, 0.3) is 0 Å². The summed E-state index contributed by atoms with van der Waals surface area (Å²) in [5.74, 6) is 0. The second-order valence-electron chi connectivity index (χ2n) is 4.98. The Kier molecular flexibility index (Phi) is 2.34. The Morgan fingerprint density at radius 1 is 1.38 bits per heavy atom. The molecule has 2 N–H and O–H groups in total. The van der Waals surface area contributed by atoms with E-state index in [1.54, 1.807) is 0 Å². The van der Waals surface area contributed by atoms with Crippen LogP contribution in [-0.4, -0.2) is 55.6 Å². The highest BCUT2D eigenvalue weighted by atomic mass is 15.3. The summed E-state index contributed by atoms with van der Waals surface area (Å²) < 4.78 is 0. The minimum atomic E-state index is 0.574. The molecule has 76 valence electrons. The molecule has 1 unspecified atom stereocenters. The van der Waals surface area contributed by atoms with Crippen LogP contribution in [-0.2, 0) is 0 Å². The molecule has 2 rings (SSSR count). The summed E-state index contributed by atoms with van der Waals surface area (Å²) in [5, 5.41) is 0. The molecule has 2 saturated heterocycles. The monoisotopic (exact) mass is 183 g/mol. The van der Waals surface area contributed by atoms with Gasteiger partial charge in [-0.2, -0.15) is 0 Å². The molecule has 0 bridgehead atoms. The van der Waals surface area contributed by atoms with E-state index in [1.165, 1.54) is 32.6 Å². The molecule has 1 spiro atoms. The Labute approximate surface area is 80.9 Å². The van der Waals surface area contributed by atoms with Crippen LogP contribution in [0.1, 0.15) is 13.3 Å². The van der Waals surface area contributed by atoms with Crippen LogP contribution in [0.2, 0.25) is 0 Å². The van der Waals surface area contributed by atoms with E-state index in [1.807, 2.05) is 0 Å². The van der Waals surface area contributed by atoms with Crippen molar-refractivity contribution < 1.29 is 0 Å². The van der Waals surface area contributed by atoms with Crippen LogP contribution in [0.3, 0.4) is 0 Å². The van der Waals surface area contributed by atoms with Crippen LogP contribution in [0.25, 0.3) is 0 Å². The van der Waals surface area contributed by atoms with Crippen LogP contribution < -0.4 is 5.73 Å². The van der Waals surface area contributed by atoms with Gasteiger partial charge < -0.3 is 10.6 Å². The molecule has 3 heteroatoms. The fraction of sp³-hybridized carbons (Fsp3) is 1.00. The molecule has 0 aromatic carbocycles. The first-order valence-electron chi connectivity index (χ1n) is 5.28. The van der Waals surface area contributed by atoms with Crippen molar-refractivity contribution in [2.45, 2.75) is 19.4 Å². The SMILES string of the molecule is CC(CN)N1CCC2(CN(C)C2)C1. The number of rotatable bonds is 2. The van der Waals surface area contributed by atoms with Gasteiger partial charge in [0.15, 0.2) is 0 Å². The number of nitrogens with two attached hydrogens (primary N) is 1. The van der Waals surface area contributed by atoms with Gasteiger partial charge in [0.2, 0.25) is 0 Å². The Hall–Kier alpha value is -0.120. The summed E-state index contributed by atoms with van der Waals surface area (Å²) in [4.78, 5) is 4.96. The predicted octanol–water partition coefficient (Wildman–Crippen LogP) is -0.0289. The summed E-state index contributed by atoms with van der Waals surface area (Å²) >= 11 is 0. The smallest absolute Gasteiger partial charge is 0.0190 e. The van der Waals surface area contributed by atoms with Crippen molar-refractivity contribution in [3.05, 3.63) is 0 Å². The number of likely N-dealkylation sites (tertiary alicyclic amines) is 2. The van der Waals surface area contributed by atoms with E-state index in [2.05, 4.69) is 23.8 Å². The maximum absolute atomic E-state index is 5.68. The second kappa shape index (κ2) is 3.23. The largest absolute Gasteiger partial charge is 0.329 e. The summed E-state index contributed by atoms with van der Waals surface area (Å²) in [7, 11) is 2.21. The minimum Gasteiger partial charge on any atom is -0.329 e. The molecule has 0 aromatic heterocycles.